The molecular formula is C10H11FN2O. The highest BCUT2D eigenvalue weighted by Gasteiger charge is 2.30. The number of nitrogens with zero attached hydrogens (tertiary/aromatic N) is 1. The molecule has 1 aromatic rings. The Bertz CT molecular complexity index is 392. The van der Waals surface area contributed by atoms with E-state index < -0.39 is 0 Å². The van der Waals surface area contributed by atoms with E-state index in [0.717, 1.165) is 0 Å². The fourth-order valence-corrected chi connectivity index (χ4v) is 1.79. The minimum atomic E-state index is -0.384. The second-order valence-corrected chi connectivity index (χ2v) is 3.41. The number of hydrogen-bond acceptors (Lipinski definition) is 2. The lowest BCUT2D eigenvalue weighted by molar-refractivity contribution is -0.116. The smallest absolute Gasteiger partial charge is 0.224 e. The van der Waals surface area contributed by atoms with Crippen molar-refractivity contribution in [2.45, 2.75) is 13.0 Å². The van der Waals surface area contributed by atoms with Crippen LogP contribution in [0.1, 0.15) is 18.5 Å². The Morgan fingerprint density at radius 2 is 2.36 bits per heavy atom. The van der Waals surface area contributed by atoms with Crippen LogP contribution in [0.5, 0.6) is 0 Å². The number of rotatable bonds is 0. The summed E-state index contributed by atoms with van der Waals surface area (Å²) < 4.78 is 13.4. The Morgan fingerprint density at radius 3 is 3.00 bits per heavy atom. The highest BCUT2D eigenvalue weighted by atomic mass is 19.1. The van der Waals surface area contributed by atoms with Gasteiger partial charge in [0, 0.05) is 19.5 Å². The predicted octanol–water partition coefficient (Wildman–Crippen LogP) is 1.19. The van der Waals surface area contributed by atoms with Crippen molar-refractivity contribution < 1.29 is 9.18 Å². The summed E-state index contributed by atoms with van der Waals surface area (Å²) in [5.74, 6) is -0.560. The first-order chi connectivity index (χ1) is 6.61. The van der Waals surface area contributed by atoms with Crippen molar-refractivity contribution in [3.63, 3.8) is 0 Å². The Hall–Kier alpha value is -1.42. The first-order valence-electron chi connectivity index (χ1n) is 4.43. The zero-order valence-corrected chi connectivity index (χ0v) is 7.83. The highest BCUT2D eigenvalue weighted by molar-refractivity contribution is 5.94. The fourth-order valence-electron chi connectivity index (χ4n) is 1.79. The Morgan fingerprint density at radius 1 is 1.64 bits per heavy atom. The van der Waals surface area contributed by atoms with Gasteiger partial charge in [-0.25, -0.2) is 4.39 Å². The Labute approximate surface area is 81.3 Å². The van der Waals surface area contributed by atoms with E-state index in [1.54, 1.807) is 12.1 Å². The molecule has 1 aliphatic rings. The third-order valence-electron chi connectivity index (χ3n) is 2.45. The molecule has 0 radical (unpaired) electrons. The zero-order chi connectivity index (χ0) is 10.3. The van der Waals surface area contributed by atoms with Gasteiger partial charge in [0.25, 0.3) is 0 Å². The van der Waals surface area contributed by atoms with E-state index in [4.69, 9.17) is 5.73 Å². The SMILES string of the molecule is CC(=O)N1CC(N)c2cccc(F)c21. The van der Waals surface area contributed by atoms with Gasteiger partial charge < -0.3 is 10.6 Å². The summed E-state index contributed by atoms with van der Waals surface area (Å²) in [7, 11) is 0. The van der Waals surface area contributed by atoms with Crippen LogP contribution in [0.2, 0.25) is 0 Å². The van der Waals surface area contributed by atoms with Gasteiger partial charge in [0.1, 0.15) is 5.82 Å². The first kappa shape index (κ1) is 9.15. The molecule has 0 fully saturated rings. The summed E-state index contributed by atoms with van der Waals surface area (Å²) in [5, 5.41) is 0. The highest BCUT2D eigenvalue weighted by Crippen LogP contribution is 2.35. The van der Waals surface area contributed by atoms with E-state index in [1.165, 1.54) is 17.9 Å². The molecule has 0 saturated heterocycles. The summed E-state index contributed by atoms with van der Waals surface area (Å²) in [4.78, 5) is 12.6. The number of hydrogen-bond donors (Lipinski definition) is 1. The molecular weight excluding hydrogens is 183 g/mol. The molecule has 4 heteroatoms. The molecule has 0 aliphatic carbocycles. The molecule has 14 heavy (non-hydrogen) atoms. The van der Waals surface area contributed by atoms with E-state index >= 15 is 0 Å². The monoisotopic (exact) mass is 194 g/mol. The van der Waals surface area contributed by atoms with Crippen molar-refractivity contribution in [3.05, 3.63) is 29.6 Å². The van der Waals surface area contributed by atoms with Gasteiger partial charge in [-0.1, -0.05) is 12.1 Å². The van der Waals surface area contributed by atoms with Crippen LogP contribution in [0.4, 0.5) is 10.1 Å². The van der Waals surface area contributed by atoms with Gasteiger partial charge in [0.05, 0.1) is 5.69 Å². The lowest BCUT2D eigenvalue weighted by Gasteiger charge is -2.14. The molecule has 0 saturated carbocycles. The topological polar surface area (TPSA) is 46.3 Å². The number of halogens is 1. The zero-order valence-electron chi connectivity index (χ0n) is 7.83. The molecule has 1 aliphatic heterocycles. The third-order valence-corrected chi connectivity index (χ3v) is 2.45. The van der Waals surface area contributed by atoms with E-state index in [9.17, 15) is 9.18 Å². The second kappa shape index (κ2) is 3.06. The van der Waals surface area contributed by atoms with Crippen LogP contribution in [0.3, 0.4) is 0 Å². The lowest BCUT2D eigenvalue weighted by Crippen LogP contribution is -2.29. The third kappa shape index (κ3) is 1.19. The largest absolute Gasteiger partial charge is 0.322 e. The molecule has 2 N–H and O–H groups in total. The van der Waals surface area contributed by atoms with Crippen molar-refractivity contribution in [1.82, 2.24) is 0 Å². The van der Waals surface area contributed by atoms with Crippen LogP contribution in [0, 0.1) is 5.82 Å². The molecule has 1 aromatic carbocycles. The van der Waals surface area contributed by atoms with E-state index in [-0.39, 0.29) is 17.8 Å². The number of benzene rings is 1. The van der Waals surface area contributed by atoms with Crippen LogP contribution in [0.25, 0.3) is 0 Å². The van der Waals surface area contributed by atoms with Gasteiger partial charge in [-0.3, -0.25) is 4.79 Å². The van der Waals surface area contributed by atoms with Crippen molar-refractivity contribution in [3.8, 4) is 0 Å². The van der Waals surface area contributed by atoms with Gasteiger partial charge in [-0.2, -0.15) is 0 Å². The quantitative estimate of drug-likeness (QED) is 0.674. The van der Waals surface area contributed by atoms with Crippen LogP contribution in [-0.2, 0) is 4.79 Å². The van der Waals surface area contributed by atoms with Crippen molar-refractivity contribution in [1.29, 1.82) is 0 Å². The number of anilines is 1. The standard InChI is InChI=1S/C10H11FN2O/c1-6(14)13-5-9(12)7-3-2-4-8(11)10(7)13/h2-4,9H,5,12H2,1H3. The van der Waals surface area contributed by atoms with Gasteiger partial charge in [-0.15, -0.1) is 0 Å². The molecule has 74 valence electrons. The number of carbonyl (C=O) groups excluding carboxylic acids is 1. The number of nitrogens with two attached hydrogens (primary N) is 1. The summed E-state index contributed by atoms with van der Waals surface area (Å²) in [6.45, 7) is 1.78. The molecule has 1 unspecified atom stereocenters. The number of fused-ring (bicyclic) bond motifs is 1. The molecule has 0 bridgehead atoms. The van der Waals surface area contributed by atoms with Gasteiger partial charge in [0.2, 0.25) is 5.91 Å². The number of carbonyl (C=O) groups is 1. The molecule has 3 nitrogen and oxygen atoms in total. The van der Waals surface area contributed by atoms with Crippen LogP contribution in [0.15, 0.2) is 18.2 Å². The molecule has 0 aromatic heterocycles. The maximum absolute atomic E-state index is 13.4. The van der Waals surface area contributed by atoms with Gasteiger partial charge in [-0.05, 0) is 11.6 Å². The molecule has 2 rings (SSSR count). The summed E-state index contributed by atoms with van der Waals surface area (Å²) in [6.07, 6.45) is 0. The first-order valence-corrected chi connectivity index (χ1v) is 4.43. The Balaban J connectivity index is 2.56. The summed E-state index contributed by atoms with van der Waals surface area (Å²) in [6, 6.07) is 4.43. The van der Waals surface area contributed by atoms with Crippen LogP contribution < -0.4 is 10.6 Å². The minimum absolute atomic E-state index is 0.177. The normalized spacial score (nSPS) is 19.6. The maximum Gasteiger partial charge on any atom is 0.224 e. The summed E-state index contributed by atoms with van der Waals surface area (Å²) >= 11 is 0. The van der Waals surface area contributed by atoms with E-state index in [1.807, 2.05) is 0 Å². The maximum atomic E-state index is 13.4. The van der Waals surface area contributed by atoms with Crippen molar-refractivity contribution in [2.75, 3.05) is 11.4 Å². The molecule has 0 spiro atoms. The second-order valence-electron chi connectivity index (χ2n) is 3.41. The molecule has 1 amide bonds. The minimum Gasteiger partial charge on any atom is -0.322 e. The van der Waals surface area contributed by atoms with Crippen LogP contribution >= 0.6 is 0 Å². The van der Waals surface area contributed by atoms with E-state index in [2.05, 4.69) is 0 Å². The average Bonchev–Trinajstić information content (AvgIpc) is 2.46. The van der Waals surface area contributed by atoms with Gasteiger partial charge in [0.15, 0.2) is 0 Å². The van der Waals surface area contributed by atoms with Crippen molar-refractivity contribution >= 4 is 11.6 Å². The molecule has 1 atom stereocenters. The molecule has 1 heterocycles. The van der Waals surface area contributed by atoms with Crippen LogP contribution in [-0.4, -0.2) is 12.5 Å². The lowest BCUT2D eigenvalue weighted by atomic mass is 10.1. The predicted molar refractivity (Wildman–Crippen MR) is 51.4 cm³/mol. The number of amides is 1. The average molecular weight is 194 g/mol. The van der Waals surface area contributed by atoms with Gasteiger partial charge >= 0.3 is 0 Å². The number of para-hydroxylation sites is 1. The summed E-state index contributed by atoms with van der Waals surface area (Å²) in [5.41, 5.74) is 6.83. The fraction of sp³-hybridized carbons (Fsp3) is 0.300. The Kier molecular flexibility index (Phi) is 2.00. The van der Waals surface area contributed by atoms with E-state index in [0.29, 0.717) is 17.8 Å². The van der Waals surface area contributed by atoms with Crippen molar-refractivity contribution in [2.24, 2.45) is 5.73 Å².